The number of nitrogens with zero attached hydrogens (tertiary/aromatic N) is 2. The minimum atomic E-state index is -0.532. The zero-order chi connectivity index (χ0) is 24.9. The average Bonchev–Trinajstić information content (AvgIpc) is 3.50. The molecule has 0 radical (unpaired) electrons. The van der Waals surface area contributed by atoms with Gasteiger partial charge in [-0.25, -0.2) is 15.0 Å². The maximum atomic E-state index is 12.9. The van der Waals surface area contributed by atoms with Crippen LogP contribution in [0.3, 0.4) is 0 Å². The minimum Gasteiger partial charge on any atom is -0.458 e. The maximum absolute atomic E-state index is 12.9. The molecule has 2 aliphatic carbocycles. The first-order chi connectivity index (χ1) is 17.6. The van der Waals surface area contributed by atoms with Crippen molar-refractivity contribution in [2.45, 2.75) is 31.5 Å². The predicted octanol–water partition coefficient (Wildman–Crippen LogP) is 4.05. The SMILES string of the molecule is O=C(N/N=C1\CC[C@@H]2[C@H]1[C@H](OC(=O)c1ccccc1)C[C@@H]2OC(=O)c1ccccc1)c1ccncc1. The van der Waals surface area contributed by atoms with E-state index in [1.807, 2.05) is 12.1 Å². The number of hydrazone groups is 1. The molecule has 4 atom stereocenters. The summed E-state index contributed by atoms with van der Waals surface area (Å²) in [6.07, 6.45) is 3.79. The van der Waals surface area contributed by atoms with Gasteiger partial charge in [0.1, 0.15) is 12.2 Å². The number of esters is 2. The van der Waals surface area contributed by atoms with Crippen molar-refractivity contribution in [2.24, 2.45) is 16.9 Å². The molecule has 1 aromatic heterocycles. The fourth-order valence-electron chi connectivity index (χ4n) is 5.00. The summed E-state index contributed by atoms with van der Waals surface area (Å²) in [5, 5.41) is 4.41. The van der Waals surface area contributed by atoms with E-state index in [9.17, 15) is 14.4 Å². The third-order valence-electron chi connectivity index (χ3n) is 6.70. The molecule has 0 bridgehead atoms. The molecule has 0 unspecified atom stereocenters. The number of nitrogens with one attached hydrogen (secondary N) is 1. The highest BCUT2D eigenvalue weighted by atomic mass is 16.6. The summed E-state index contributed by atoms with van der Waals surface area (Å²) in [6.45, 7) is 0. The zero-order valence-corrected chi connectivity index (χ0v) is 19.4. The van der Waals surface area contributed by atoms with Crippen LogP contribution in [0.15, 0.2) is 90.3 Å². The Morgan fingerprint density at radius 3 is 1.97 bits per heavy atom. The molecule has 5 rings (SSSR count). The summed E-state index contributed by atoms with van der Waals surface area (Å²) in [5.41, 5.74) is 4.70. The standard InChI is InChI=1S/C28H25N3O5/c32-26(18-13-15-29-16-14-18)31-30-22-12-11-21-23(35-27(33)19-7-3-1-4-8-19)17-24(25(21)22)36-28(34)20-9-5-2-6-10-20/h1-10,13-16,21,23-25H,11-12,17H2,(H,31,32)/b30-22+/t21-,23-,24+,25+/m0/s1. The van der Waals surface area contributed by atoms with Crippen molar-refractivity contribution in [2.75, 3.05) is 0 Å². The third-order valence-corrected chi connectivity index (χ3v) is 6.70. The second kappa shape index (κ2) is 10.5. The number of pyridine rings is 1. The van der Waals surface area contributed by atoms with Crippen molar-refractivity contribution < 1.29 is 23.9 Å². The monoisotopic (exact) mass is 483 g/mol. The Labute approximate surface area is 208 Å². The Kier molecular flexibility index (Phi) is 6.84. The number of ether oxygens (including phenoxy) is 2. The Morgan fingerprint density at radius 2 is 1.36 bits per heavy atom. The molecule has 0 saturated heterocycles. The summed E-state index contributed by atoms with van der Waals surface area (Å²) in [6, 6.07) is 20.8. The van der Waals surface area contributed by atoms with E-state index in [1.54, 1.807) is 60.7 Å². The first-order valence-corrected chi connectivity index (χ1v) is 11.9. The highest BCUT2D eigenvalue weighted by Gasteiger charge is 2.52. The molecule has 0 aliphatic heterocycles. The molecule has 2 saturated carbocycles. The Hall–Kier alpha value is -4.33. The van der Waals surface area contributed by atoms with Crippen LogP contribution in [0.2, 0.25) is 0 Å². The summed E-state index contributed by atoms with van der Waals surface area (Å²) in [5.74, 6) is -1.53. The lowest BCUT2D eigenvalue weighted by atomic mass is 9.96. The highest BCUT2D eigenvalue weighted by molar-refractivity contribution is 5.97. The molecule has 8 nitrogen and oxygen atoms in total. The molecule has 2 fully saturated rings. The first-order valence-electron chi connectivity index (χ1n) is 11.9. The largest absolute Gasteiger partial charge is 0.458 e. The van der Waals surface area contributed by atoms with Gasteiger partial charge in [-0.2, -0.15) is 5.10 Å². The van der Waals surface area contributed by atoms with E-state index in [-0.39, 0.29) is 17.7 Å². The Balaban J connectivity index is 1.35. The molecule has 1 heterocycles. The van der Waals surface area contributed by atoms with E-state index in [4.69, 9.17) is 9.47 Å². The lowest BCUT2D eigenvalue weighted by Gasteiger charge is -2.20. The molecule has 2 aromatic carbocycles. The number of carbonyl (C=O) groups is 3. The van der Waals surface area contributed by atoms with Crippen molar-refractivity contribution in [3.05, 3.63) is 102 Å². The van der Waals surface area contributed by atoms with Gasteiger partial charge in [-0.3, -0.25) is 9.78 Å². The number of hydrogen-bond acceptors (Lipinski definition) is 7. The Bertz CT molecular complexity index is 1260. The number of hydrogen-bond donors (Lipinski definition) is 1. The minimum absolute atomic E-state index is 0.0668. The summed E-state index contributed by atoms with van der Waals surface area (Å²) in [7, 11) is 0. The van der Waals surface area contributed by atoms with Crippen LogP contribution in [0.25, 0.3) is 0 Å². The normalized spacial score (nSPS) is 23.6. The zero-order valence-electron chi connectivity index (χ0n) is 19.4. The molecule has 1 amide bonds. The number of aromatic nitrogens is 1. The van der Waals surface area contributed by atoms with Crippen molar-refractivity contribution >= 4 is 23.6 Å². The second-order valence-electron chi connectivity index (χ2n) is 8.86. The molecule has 0 spiro atoms. The first kappa shape index (κ1) is 23.4. The van der Waals surface area contributed by atoms with Gasteiger partial charge in [0.2, 0.25) is 0 Å². The van der Waals surface area contributed by atoms with Crippen LogP contribution >= 0.6 is 0 Å². The second-order valence-corrected chi connectivity index (χ2v) is 8.86. The molecule has 182 valence electrons. The molecular weight excluding hydrogens is 458 g/mol. The van der Waals surface area contributed by atoms with Crippen LogP contribution in [-0.4, -0.2) is 40.7 Å². The van der Waals surface area contributed by atoms with Gasteiger partial charge >= 0.3 is 11.9 Å². The van der Waals surface area contributed by atoms with E-state index < -0.39 is 24.1 Å². The topological polar surface area (TPSA) is 107 Å². The number of fused-ring (bicyclic) bond motifs is 1. The van der Waals surface area contributed by atoms with Crippen molar-refractivity contribution in [3.63, 3.8) is 0 Å². The smallest absolute Gasteiger partial charge is 0.338 e. The number of amides is 1. The van der Waals surface area contributed by atoms with Crippen molar-refractivity contribution in [1.29, 1.82) is 0 Å². The van der Waals surface area contributed by atoms with Gasteiger partial charge in [0, 0.05) is 41.9 Å². The van der Waals surface area contributed by atoms with Crippen molar-refractivity contribution in [1.82, 2.24) is 10.4 Å². The van der Waals surface area contributed by atoms with E-state index >= 15 is 0 Å². The molecule has 8 heteroatoms. The van der Waals surface area contributed by atoms with Crippen LogP contribution in [0.5, 0.6) is 0 Å². The lowest BCUT2D eigenvalue weighted by molar-refractivity contribution is 0.0140. The van der Waals surface area contributed by atoms with Gasteiger partial charge in [0.15, 0.2) is 0 Å². The van der Waals surface area contributed by atoms with Crippen LogP contribution in [0.1, 0.15) is 50.3 Å². The third kappa shape index (κ3) is 5.02. The van der Waals surface area contributed by atoms with E-state index in [2.05, 4.69) is 15.5 Å². The molecule has 3 aromatic rings. The fourth-order valence-corrected chi connectivity index (χ4v) is 5.00. The maximum Gasteiger partial charge on any atom is 0.338 e. The van der Waals surface area contributed by atoms with Gasteiger partial charge in [-0.05, 0) is 49.2 Å². The van der Waals surface area contributed by atoms with Crippen LogP contribution in [0, 0.1) is 11.8 Å². The van der Waals surface area contributed by atoms with E-state index in [1.165, 1.54) is 12.4 Å². The molecular formula is C28H25N3O5. The van der Waals surface area contributed by atoms with Gasteiger partial charge < -0.3 is 9.47 Å². The van der Waals surface area contributed by atoms with E-state index in [0.717, 1.165) is 5.71 Å². The summed E-state index contributed by atoms with van der Waals surface area (Å²) < 4.78 is 11.8. The predicted molar refractivity (Wildman–Crippen MR) is 131 cm³/mol. The lowest BCUT2D eigenvalue weighted by Crippen LogP contribution is -2.30. The highest BCUT2D eigenvalue weighted by Crippen LogP contribution is 2.46. The molecule has 36 heavy (non-hydrogen) atoms. The van der Waals surface area contributed by atoms with Gasteiger partial charge in [0.05, 0.1) is 11.1 Å². The molecule has 2 aliphatic rings. The summed E-state index contributed by atoms with van der Waals surface area (Å²) >= 11 is 0. The van der Waals surface area contributed by atoms with E-state index in [0.29, 0.717) is 36.0 Å². The van der Waals surface area contributed by atoms with Crippen LogP contribution in [0.4, 0.5) is 0 Å². The molecule has 1 N–H and O–H groups in total. The van der Waals surface area contributed by atoms with Gasteiger partial charge in [-0.1, -0.05) is 36.4 Å². The summed E-state index contributed by atoms with van der Waals surface area (Å²) in [4.78, 5) is 42.0. The van der Waals surface area contributed by atoms with Crippen molar-refractivity contribution in [3.8, 4) is 0 Å². The number of carbonyl (C=O) groups excluding carboxylic acids is 3. The van der Waals surface area contributed by atoms with Crippen LogP contribution in [-0.2, 0) is 9.47 Å². The Morgan fingerprint density at radius 1 is 0.778 bits per heavy atom. The average molecular weight is 484 g/mol. The fraction of sp³-hybridized carbons (Fsp3) is 0.250. The quantitative estimate of drug-likeness (QED) is 0.419. The van der Waals surface area contributed by atoms with Gasteiger partial charge in [-0.15, -0.1) is 0 Å². The number of benzene rings is 2. The van der Waals surface area contributed by atoms with Gasteiger partial charge in [0.25, 0.3) is 5.91 Å². The number of rotatable bonds is 6. The van der Waals surface area contributed by atoms with Crippen LogP contribution < -0.4 is 5.43 Å².